The van der Waals surface area contributed by atoms with Crippen molar-refractivity contribution in [3.63, 3.8) is 0 Å². The lowest BCUT2D eigenvalue weighted by Crippen LogP contribution is -1.93. The van der Waals surface area contributed by atoms with Crippen LogP contribution in [-0.4, -0.2) is 18.8 Å². The molecule has 2 nitrogen and oxygen atoms in total. The number of benzene rings is 1. The minimum absolute atomic E-state index is 0.362. The first-order valence-electron chi connectivity index (χ1n) is 4.15. The number of rotatable bonds is 4. The Morgan fingerprint density at radius 3 is 2.86 bits per heavy atom. The molecule has 1 rings (SSSR count). The molecule has 1 aromatic rings. The molecule has 0 atom stereocenters. The van der Waals surface area contributed by atoms with Crippen LogP contribution >= 0.6 is 11.8 Å². The highest BCUT2D eigenvalue weighted by Gasteiger charge is 1.92. The maximum atomic E-state index is 10.7. The molecule has 73 valence electrons. The van der Waals surface area contributed by atoms with Gasteiger partial charge in [-0.15, -0.1) is 11.8 Å². The Morgan fingerprint density at radius 1 is 1.50 bits per heavy atom. The van der Waals surface area contributed by atoms with E-state index in [1.54, 1.807) is 11.8 Å². The average Bonchev–Trinajstić information content (AvgIpc) is 2.25. The van der Waals surface area contributed by atoms with Gasteiger partial charge in [0.2, 0.25) is 0 Å². The van der Waals surface area contributed by atoms with Crippen molar-refractivity contribution in [2.45, 2.75) is 4.90 Å². The largest absolute Gasteiger partial charge is 0.466 e. The standard InChI is InChI=1S/C11H11O2S/c1-13-11(12)8-5-9-14-10-6-3-2-4-7-10/h2-4,6-8H,9H2,1H3. The molecule has 0 bridgehead atoms. The Bertz CT molecular complexity index is 306. The monoisotopic (exact) mass is 207 g/mol. The van der Waals surface area contributed by atoms with Crippen molar-refractivity contribution in [2.24, 2.45) is 0 Å². The predicted molar refractivity (Wildman–Crippen MR) is 57.0 cm³/mol. The maximum Gasteiger partial charge on any atom is 0.330 e. The van der Waals surface area contributed by atoms with Crippen LogP contribution in [0.15, 0.2) is 41.3 Å². The van der Waals surface area contributed by atoms with Crippen molar-refractivity contribution in [1.82, 2.24) is 0 Å². The highest BCUT2D eigenvalue weighted by molar-refractivity contribution is 7.99. The summed E-state index contributed by atoms with van der Waals surface area (Å²) < 4.78 is 4.44. The van der Waals surface area contributed by atoms with Crippen LogP contribution in [0, 0.1) is 6.08 Å². The van der Waals surface area contributed by atoms with Gasteiger partial charge < -0.3 is 4.74 Å². The van der Waals surface area contributed by atoms with E-state index in [-0.39, 0.29) is 5.97 Å². The summed E-state index contributed by atoms with van der Waals surface area (Å²) in [5.41, 5.74) is 0. The first-order valence-corrected chi connectivity index (χ1v) is 5.14. The average molecular weight is 207 g/mol. The van der Waals surface area contributed by atoms with E-state index in [0.29, 0.717) is 5.75 Å². The van der Waals surface area contributed by atoms with E-state index in [2.05, 4.69) is 10.8 Å². The zero-order chi connectivity index (χ0) is 10.2. The maximum absolute atomic E-state index is 10.7. The van der Waals surface area contributed by atoms with Gasteiger partial charge in [0.25, 0.3) is 0 Å². The predicted octanol–water partition coefficient (Wildman–Crippen LogP) is 2.31. The summed E-state index contributed by atoms with van der Waals surface area (Å²) in [7, 11) is 1.35. The second-order valence-corrected chi connectivity index (χ2v) is 3.52. The van der Waals surface area contributed by atoms with Crippen LogP contribution in [0.3, 0.4) is 0 Å². The van der Waals surface area contributed by atoms with Crippen LogP contribution in [0.25, 0.3) is 0 Å². The van der Waals surface area contributed by atoms with Crippen molar-refractivity contribution in [3.8, 4) is 0 Å². The fourth-order valence-electron chi connectivity index (χ4n) is 0.826. The third-order valence-electron chi connectivity index (χ3n) is 1.49. The number of hydrogen-bond donors (Lipinski definition) is 0. The Balaban J connectivity index is 2.29. The molecule has 3 heteroatoms. The van der Waals surface area contributed by atoms with Crippen molar-refractivity contribution >= 4 is 17.7 Å². The molecule has 0 aliphatic heterocycles. The van der Waals surface area contributed by atoms with Crippen LogP contribution in [-0.2, 0) is 9.53 Å². The lowest BCUT2D eigenvalue weighted by atomic mass is 10.4. The lowest BCUT2D eigenvalue weighted by molar-refractivity contribution is -0.134. The van der Waals surface area contributed by atoms with E-state index in [1.807, 2.05) is 30.3 Å². The smallest absolute Gasteiger partial charge is 0.330 e. The molecule has 1 aromatic carbocycles. The number of ether oxygens (including phenoxy) is 1. The molecule has 14 heavy (non-hydrogen) atoms. The number of hydrogen-bond acceptors (Lipinski definition) is 3. The van der Waals surface area contributed by atoms with Crippen LogP contribution in [0.4, 0.5) is 0 Å². The minimum atomic E-state index is -0.362. The van der Waals surface area contributed by atoms with E-state index < -0.39 is 0 Å². The van der Waals surface area contributed by atoms with Gasteiger partial charge >= 0.3 is 5.97 Å². The van der Waals surface area contributed by atoms with Gasteiger partial charge in [-0.25, -0.2) is 4.79 Å². The second kappa shape index (κ2) is 6.27. The molecular formula is C11H11O2S. The van der Waals surface area contributed by atoms with Crippen LogP contribution in [0.2, 0.25) is 0 Å². The number of carbonyl (C=O) groups is 1. The van der Waals surface area contributed by atoms with Gasteiger partial charge in [0.1, 0.15) is 0 Å². The molecule has 0 heterocycles. The Labute approximate surface area is 88.0 Å². The summed E-state index contributed by atoms with van der Waals surface area (Å²) in [6.45, 7) is 0. The number of methoxy groups -OCH3 is 1. The van der Waals surface area contributed by atoms with Gasteiger partial charge in [-0.2, -0.15) is 0 Å². The van der Waals surface area contributed by atoms with E-state index in [4.69, 9.17) is 0 Å². The molecule has 0 N–H and O–H groups in total. The van der Waals surface area contributed by atoms with Crippen molar-refractivity contribution in [3.05, 3.63) is 42.5 Å². The van der Waals surface area contributed by atoms with Gasteiger partial charge in [-0.05, 0) is 18.2 Å². The fraction of sp³-hybridized carbons (Fsp3) is 0.182. The van der Waals surface area contributed by atoms with Gasteiger partial charge in [-0.3, -0.25) is 0 Å². The topological polar surface area (TPSA) is 26.3 Å². The molecule has 1 radical (unpaired) electrons. The quantitative estimate of drug-likeness (QED) is 0.430. The zero-order valence-electron chi connectivity index (χ0n) is 7.90. The molecule has 0 aliphatic rings. The van der Waals surface area contributed by atoms with E-state index in [0.717, 1.165) is 0 Å². The third kappa shape index (κ3) is 4.14. The summed E-state index contributed by atoms with van der Waals surface area (Å²) in [5, 5.41) is 0. The van der Waals surface area contributed by atoms with E-state index in [1.165, 1.54) is 18.1 Å². The third-order valence-corrected chi connectivity index (χ3v) is 2.40. The molecule has 0 saturated carbocycles. The molecule has 0 aliphatic carbocycles. The summed E-state index contributed by atoms with van der Waals surface area (Å²) in [5.74, 6) is 0.290. The number of thioether (sulfide) groups is 1. The Morgan fingerprint density at radius 2 is 2.21 bits per heavy atom. The fourth-order valence-corrected chi connectivity index (χ4v) is 1.51. The molecule has 0 amide bonds. The molecule has 0 spiro atoms. The van der Waals surface area contributed by atoms with Crippen LogP contribution in [0.1, 0.15) is 0 Å². The van der Waals surface area contributed by atoms with Crippen molar-refractivity contribution in [1.29, 1.82) is 0 Å². The summed E-state index contributed by atoms with van der Waals surface area (Å²) in [6, 6.07) is 9.96. The van der Waals surface area contributed by atoms with Crippen LogP contribution < -0.4 is 0 Å². The molecule has 0 saturated heterocycles. The normalized spacial score (nSPS) is 10.4. The van der Waals surface area contributed by atoms with Crippen molar-refractivity contribution in [2.75, 3.05) is 12.9 Å². The van der Waals surface area contributed by atoms with Crippen LogP contribution in [0.5, 0.6) is 0 Å². The second-order valence-electron chi connectivity index (χ2n) is 2.47. The van der Waals surface area contributed by atoms with E-state index >= 15 is 0 Å². The Hall–Kier alpha value is -1.22. The molecular weight excluding hydrogens is 196 g/mol. The van der Waals surface area contributed by atoms with E-state index in [9.17, 15) is 4.79 Å². The number of esters is 1. The zero-order valence-corrected chi connectivity index (χ0v) is 8.71. The summed E-state index contributed by atoms with van der Waals surface area (Å²) >= 11 is 1.62. The molecule has 0 aromatic heterocycles. The number of carbonyl (C=O) groups excluding carboxylic acids is 1. The molecule has 0 unspecified atom stereocenters. The first-order chi connectivity index (χ1) is 6.83. The van der Waals surface area contributed by atoms with Crippen molar-refractivity contribution < 1.29 is 9.53 Å². The van der Waals surface area contributed by atoms with Gasteiger partial charge in [0.05, 0.1) is 7.11 Å². The highest BCUT2D eigenvalue weighted by Crippen LogP contribution is 2.16. The minimum Gasteiger partial charge on any atom is -0.466 e. The van der Waals surface area contributed by atoms with Gasteiger partial charge in [-0.1, -0.05) is 18.2 Å². The SMILES string of the molecule is COC(=O)/C=[C]\CSc1ccccc1. The summed E-state index contributed by atoms with van der Waals surface area (Å²) in [4.78, 5) is 11.8. The van der Waals surface area contributed by atoms with Gasteiger partial charge in [0, 0.05) is 16.7 Å². The molecule has 0 fully saturated rings. The Kier molecular flexibility index (Phi) is 4.86. The first kappa shape index (κ1) is 10.9. The summed E-state index contributed by atoms with van der Waals surface area (Å²) in [6.07, 6.45) is 4.16. The van der Waals surface area contributed by atoms with Gasteiger partial charge in [0.15, 0.2) is 0 Å². The highest BCUT2D eigenvalue weighted by atomic mass is 32.2. The lowest BCUT2D eigenvalue weighted by Gasteiger charge is -1.95.